The molecule has 6 nitrogen and oxygen atoms in total. The van der Waals surface area contributed by atoms with E-state index in [0.29, 0.717) is 11.3 Å². The van der Waals surface area contributed by atoms with Crippen molar-refractivity contribution in [1.29, 1.82) is 0 Å². The first-order chi connectivity index (χ1) is 10.8. The number of carboxylic acids is 1. The number of carboxylic acid groups (broad SMARTS) is 1. The zero-order chi connectivity index (χ0) is 18.9. The normalized spacial score (nSPS) is 12.6. The first kappa shape index (κ1) is 19.7. The maximum Gasteiger partial charge on any atom is 0.411 e. The summed E-state index contributed by atoms with van der Waals surface area (Å²) in [6.45, 7) is 0. The topological polar surface area (TPSA) is 92.7 Å². The molecule has 0 aliphatic carbocycles. The fourth-order valence-corrected chi connectivity index (χ4v) is 2.10. The second kappa shape index (κ2) is 6.30. The first-order valence-corrected chi connectivity index (χ1v) is 6.52. The SMILES string of the molecule is COC(=O)c1sccc1NC(=O)C(F)(F)C(F)(F)C(F)(F)C(=O)O. The van der Waals surface area contributed by atoms with E-state index in [4.69, 9.17) is 5.11 Å². The van der Waals surface area contributed by atoms with Gasteiger partial charge in [-0.15, -0.1) is 11.3 Å². The monoisotopic (exact) mass is 379 g/mol. The second-order valence-electron chi connectivity index (χ2n) is 4.14. The number of alkyl halides is 6. The Bertz CT molecular complexity index is 674. The van der Waals surface area contributed by atoms with Crippen LogP contribution in [0.1, 0.15) is 9.67 Å². The number of anilines is 1. The number of hydrogen-bond donors (Lipinski definition) is 2. The van der Waals surface area contributed by atoms with Crippen molar-refractivity contribution < 1.29 is 50.6 Å². The van der Waals surface area contributed by atoms with Crippen LogP contribution in [-0.2, 0) is 14.3 Å². The number of hydrogen-bond acceptors (Lipinski definition) is 5. The van der Waals surface area contributed by atoms with Crippen LogP contribution >= 0.6 is 11.3 Å². The average molecular weight is 379 g/mol. The van der Waals surface area contributed by atoms with Gasteiger partial charge in [-0.3, -0.25) is 4.79 Å². The molecule has 0 atom stereocenters. The lowest BCUT2D eigenvalue weighted by atomic mass is 10.0. The van der Waals surface area contributed by atoms with Gasteiger partial charge in [0.05, 0.1) is 12.8 Å². The molecule has 0 unspecified atom stereocenters. The molecule has 0 radical (unpaired) electrons. The largest absolute Gasteiger partial charge is 0.477 e. The molecule has 1 amide bonds. The van der Waals surface area contributed by atoms with Crippen molar-refractivity contribution >= 4 is 34.9 Å². The van der Waals surface area contributed by atoms with Crippen LogP contribution in [0.15, 0.2) is 11.4 Å². The van der Waals surface area contributed by atoms with Gasteiger partial charge in [-0.05, 0) is 11.4 Å². The summed E-state index contributed by atoms with van der Waals surface area (Å²) in [4.78, 5) is 32.2. The number of esters is 1. The lowest BCUT2D eigenvalue weighted by Gasteiger charge is -2.29. The summed E-state index contributed by atoms with van der Waals surface area (Å²) in [7, 11) is 0.907. The maximum absolute atomic E-state index is 13.4. The molecule has 0 spiro atoms. The van der Waals surface area contributed by atoms with Crippen LogP contribution in [0.2, 0.25) is 0 Å². The molecule has 0 saturated heterocycles. The average Bonchev–Trinajstić information content (AvgIpc) is 2.93. The Morgan fingerprint density at radius 1 is 1.12 bits per heavy atom. The number of amides is 1. The Hall–Kier alpha value is -2.31. The first-order valence-electron chi connectivity index (χ1n) is 5.64. The molecule has 24 heavy (non-hydrogen) atoms. The highest BCUT2D eigenvalue weighted by atomic mass is 32.1. The lowest BCUT2D eigenvalue weighted by molar-refractivity contribution is -0.291. The van der Waals surface area contributed by atoms with Gasteiger partial charge in [0.25, 0.3) is 0 Å². The summed E-state index contributed by atoms with van der Waals surface area (Å²) < 4.78 is 83.2. The Labute approximate surface area is 133 Å². The number of rotatable bonds is 6. The van der Waals surface area contributed by atoms with Crippen molar-refractivity contribution in [3.05, 3.63) is 16.3 Å². The third kappa shape index (κ3) is 3.02. The molecule has 0 saturated carbocycles. The van der Waals surface area contributed by atoms with E-state index in [2.05, 4.69) is 4.74 Å². The van der Waals surface area contributed by atoms with Gasteiger partial charge in [0, 0.05) is 0 Å². The third-order valence-corrected chi connectivity index (χ3v) is 3.52. The lowest BCUT2D eigenvalue weighted by Crippen LogP contribution is -2.62. The molecule has 13 heteroatoms. The van der Waals surface area contributed by atoms with E-state index in [1.165, 1.54) is 5.32 Å². The fraction of sp³-hybridized carbons (Fsp3) is 0.364. The molecule has 1 aromatic rings. The Morgan fingerprint density at radius 3 is 2.12 bits per heavy atom. The molecule has 1 heterocycles. The number of halogens is 6. The molecule has 0 bridgehead atoms. The van der Waals surface area contributed by atoms with Crippen LogP contribution in [0.25, 0.3) is 0 Å². The van der Waals surface area contributed by atoms with Crippen LogP contribution in [0, 0.1) is 0 Å². The van der Waals surface area contributed by atoms with E-state index in [0.717, 1.165) is 18.6 Å². The van der Waals surface area contributed by atoms with Gasteiger partial charge < -0.3 is 15.2 Å². The molecular formula is C11H7F6NO5S. The number of carbonyl (C=O) groups is 3. The highest BCUT2D eigenvalue weighted by molar-refractivity contribution is 7.12. The fourth-order valence-electron chi connectivity index (χ4n) is 1.33. The molecule has 1 aromatic heterocycles. The molecule has 0 aliphatic rings. The van der Waals surface area contributed by atoms with Gasteiger partial charge in [-0.25, -0.2) is 9.59 Å². The van der Waals surface area contributed by atoms with Crippen LogP contribution < -0.4 is 5.32 Å². The number of carbonyl (C=O) groups excluding carboxylic acids is 2. The van der Waals surface area contributed by atoms with Crippen molar-refractivity contribution in [1.82, 2.24) is 0 Å². The Morgan fingerprint density at radius 2 is 1.67 bits per heavy atom. The molecule has 0 aliphatic heterocycles. The number of thiophene rings is 1. The van der Waals surface area contributed by atoms with Gasteiger partial charge in [0.1, 0.15) is 4.88 Å². The van der Waals surface area contributed by atoms with E-state index in [1.54, 1.807) is 0 Å². The van der Waals surface area contributed by atoms with Crippen molar-refractivity contribution in [2.45, 2.75) is 17.8 Å². The summed E-state index contributed by atoms with van der Waals surface area (Å²) in [5, 5.41) is 10.3. The number of ether oxygens (including phenoxy) is 1. The van der Waals surface area contributed by atoms with E-state index in [-0.39, 0.29) is 0 Å². The highest BCUT2D eigenvalue weighted by Crippen LogP contribution is 2.46. The predicted molar refractivity (Wildman–Crippen MR) is 66.8 cm³/mol. The van der Waals surface area contributed by atoms with Crippen molar-refractivity contribution in [2.24, 2.45) is 0 Å². The number of methoxy groups -OCH3 is 1. The summed E-state index contributed by atoms with van der Waals surface area (Å²) in [5.41, 5.74) is -0.689. The van der Waals surface area contributed by atoms with Gasteiger partial charge >= 0.3 is 35.6 Å². The highest BCUT2D eigenvalue weighted by Gasteiger charge is 2.78. The predicted octanol–water partition coefficient (Wildman–Crippen LogP) is 2.46. The Kier molecular flexibility index (Phi) is 5.18. The number of nitrogens with one attached hydrogen (secondary N) is 1. The Balaban J connectivity index is 3.16. The molecule has 134 valence electrons. The molecule has 2 N–H and O–H groups in total. The third-order valence-electron chi connectivity index (χ3n) is 2.63. The van der Waals surface area contributed by atoms with Gasteiger partial charge in [0.2, 0.25) is 0 Å². The minimum absolute atomic E-state index is 0.463. The summed E-state index contributed by atoms with van der Waals surface area (Å²) in [6, 6.07) is 0.860. The molecule has 1 rings (SSSR count). The van der Waals surface area contributed by atoms with Crippen LogP contribution in [0.3, 0.4) is 0 Å². The van der Waals surface area contributed by atoms with Gasteiger partial charge in [0.15, 0.2) is 0 Å². The summed E-state index contributed by atoms with van der Waals surface area (Å²) in [6.07, 6.45) is 0. The van der Waals surface area contributed by atoms with Crippen LogP contribution in [-0.4, -0.2) is 47.8 Å². The minimum atomic E-state index is -6.53. The van der Waals surface area contributed by atoms with E-state index in [9.17, 15) is 40.7 Å². The smallest absolute Gasteiger partial charge is 0.411 e. The quantitative estimate of drug-likeness (QED) is 0.585. The van der Waals surface area contributed by atoms with Gasteiger partial charge in [-0.2, -0.15) is 26.3 Å². The molecular weight excluding hydrogens is 372 g/mol. The van der Waals surface area contributed by atoms with E-state index >= 15 is 0 Å². The van der Waals surface area contributed by atoms with E-state index < -0.39 is 46.2 Å². The summed E-state index contributed by atoms with van der Waals surface area (Å²) >= 11 is 0.589. The van der Waals surface area contributed by atoms with E-state index in [1.807, 2.05) is 0 Å². The molecule has 0 aromatic carbocycles. The van der Waals surface area contributed by atoms with Crippen molar-refractivity contribution in [3.63, 3.8) is 0 Å². The zero-order valence-corrected chi connectivity index (χ0v) is 12.2. The van der Waals surface area contributed by atoms with Gasteiger partial charge in [-0.1, -0.05) is 0 Å². The second-order valence-corrected chi connectivity index (χ2v) is 5.05. The summed E-state index contributed by atoms with van der Waals surface area (Å²) in [5.74, 6) is -26.4. The van der Waals surface area contributed by atoms with Crippen molar-refractivity contribution in [2.75, 3.05) is 12.4 Å². The van der Waals surface area contributed by atoms with Crippen LogP contribution in [0.5, 0.6) is 0 Å². The van der Waals surface area contributed by atoms with Crippen molar-refractivity contribution in [3.8, 4) is 0 Å². The number of aliphatic carboxylic acids is 1. The standard InChI is InChI=1S/C11H7F6NO5S/c1-23-6(19)5-4(2-3-24-5)18-7(20)9(12,13)11(16,17)10(14,15)8(21)22/h2-3H,1H3,(H,18,20)(H,21,22). The maximum atomic E-state index is 13.4. The minimum Gasteiger partial charge on any atom is -0.477 e. The zero-order valence-electron chi connectivity index (χ0n) is 11.4. The van der Waals surface area contributed by atoms with Crippen LogP contribution in [0.4, 0.5) is 32.0 Å². The molecule has 0 fully saturated rings.